The van der Waals surface area contributed by atoms with Crippen LogP contribution in [0.5, 0.6) is 0 Å². The van der Waals surface area contributed by atoms with Crippen LogP contribution in [0.4, 0.5) is 0 Å². The van der Waals surface area contributed by atoms with E-state index < -0.39 is 0 Å². The second-order valence-electron chi connectivity index (χ2n) is 5.57. The number of carbonyl (C=O) groups excluding carboxylic acids is 1. The molecule has 0 aromatic heterocycles. The molecule has 0 aromatic rings. The predicted molar refractivity (Wildman–Crippen MR) is 56.0 cm³/mol. The highest BCUT2D eigenvalue weighted by molar-refractivity contribution is 5.66. The Kier molecular flexibility index (Phi) is 2.91. The summed E-state index contributed by atoms with van der Waals surface area (Å²) in [6.07, 6.45) is -0.00579. The van der Waals surface area contributed by atoms with Crippen LogP contribution < -0.4 is 5.32 Å². The van der Waals surface area contributed by atoms with Crippen LogP contribution in [0.3, 0.4) is 0 Å². The van der Waals surface area contributed by atoms with Crippen molar-refractivity contribution in [1.29, 1.82) is 0 Å². The van der Waals surface area contributed by atoms with E-state index in [9.17, 15) is 4.79 Å². The van der Waals surface area contributed by atoms with Crippen molar-refractivity contribution in [2.75, 3.05) is 13.1 Å². The molecule has 0 saturated carbocycles. The van der Waals surface area contributed by atoms with E-state index in [0.717, 1.165) is 13.1 Å². The number of nitrogens with one attached hydrogen (secondary N) is 1. The number of hydrogen-bond acceptors (Lipinski definition) is 3. The number of piperidine rings is 1. The third kappa shape index (κ3) is 2.27. The van der Waals surface area contributed by atoms with Crippen molar-refractivity contribution in [3.05, 3.63) is 0 Å². The molecule has 0 unspecified atom stereocenters. The summed E-state index contributed by atoms with van der Waals surface area (Å²) in [4.78, 5) is 11.0. The Labute approximate surface area is 86.2 Å². The molecule has 1 aliphatic rings. The van der Waals surface area contributed by atoms with Crippen LogP contribution in [0.15, 0.2) is 0 Å². The summed E-state index contributed by atoms with van der Waals surface area (Å²) in [6.45, 7) is 11.8. The minimum atomic E-state index is -0.182. The molecule has 14 heavy (non-hydrogen) atoms. The zero-order chi connectivity index (χ0) is 11.0. The topological polar surface area (TPSA) is 38.3 Å². The minimum absolute atomic E-state index is 0.00579. The molecule has 0 aromatic carbocycles. The first-order valence-electron chi connectivity index (χ1n) is 5.14. The van der Waals surface area contributed by atoms with Crippen LogP contribution >= 0.6 is 0 Å². The molecule has 1 fully saturated rings. The van der Waals surface area contributed by atoms with Crippen molar-refractivity contribution in [3.63, 3.8) is 0 Å². The van der Waals surface area contributed by atoms with Gasteiger partial charge in [-0.1, -0.05) is 27.7 Å². The summed E-state index contributed by atoms with van der Waals surface area (Å²) in [6, 6.07) is 0. The molecule has 0 aliphatic carbocycles. The number of hydrogen-bond donors (Lipinski definition) is 1. The molecule has 1 aliphatic heterocycles. The maximum absolute atomic E-state index is 11.0. The van der Waals surface area contributed by atoms with Gasteiger partial charge in [0.2, 0.25) is 0 Å². The largest absolute Gasteiger partial charge is 0.461 e. The number of rotatable bonds is 1. The highest BCUT2D eigenvalue weighted by Gasteiger charge is 2.46. The van der Waals surface area contributed by atoms with Crippen molar-refractivity contribution in [3.8, 4) is 0 Å². The molecule has 1 rings (SSSR count). The molecule has 0 atom stereocenters. The van der Waals surface area contributed by atoms with E-state index in [-0.39, 0.29) is 22.9 Å². The summed E-state index contributed by atoms with van der Waals surface area (Å²) >= 11 is 0. The molecular weight excluding hydrogens is 178 g/mol. The fourth-order valence-electron chi connectivity index (χ4n) is 2.43. The standard InChI is InChI=1S/C11H21NO2/c1-8(13)14-9-10(2,3)6-12-7-11(9,4)5/h9,12H,6-7H2,1-5H3. The smallest absolute Gasteiger partial charge is 0.302 e. The molecule has 3 heteroatoms. The molecule has 0 spiro atoms. The fourth-order valence-corrected chi connectivity index (χ4v) is 2.43. The lowest BCUT2D eigenvalue weighted by Gasteiger charge is -2.48. The van der Waals surface area contributed by atoms with Crippen LogP contribution in [0.2, 0.25) is 0 Å². The first-order valence-corrected chi connectivity index (χ1v) is 5.14. The van der Waals surface area contributed by atoms with Crippen molar-refractivity contribution < 1.29 is 9.53 Å². The van der Waals surface area contributed by atoms with Crippen molar-refractivity contribution >= 4 is 5.97 Å². The normalized spacial score (nSPS) is 25.8. The highest BCUT2D eigenvalue weighted by atomic mass is 16.5. The van der Waals surface area contributed by atoms with Gasteiger partial charge in [-0.2, -0.15) is 0 Å². The van der Waals surface area contributed by atoms with Crippen molar-refractivity contribution in [2.45, 2.75) is 40.7 Å². The van der Waals surface area contributed by atoms with Gasteiger partial charge >= 0.3 is 5.97 Å². The van der Waals surface area contributed by atoms with E-state index in [1.54, 1.807) is 0 Å². The van der Waals surface area contributed by atoms with E-state index in [1.165, 1.54) is 6.92 Å². The molecular formula is C11H21NO2. The maximum Gasteiger partial charge on any atom is 0.302 e. The average molecular weight is 199 g/mol. The summed E-state index contributed by atoms with van der Waals surface area (Å²) < 4.78 is 5.44. The van der Waals surface area contributed by atoms with E-state index in [4.69, 9.17) is 4.74 Å². The maximum atomic E-state index is 11.0. The van der Waals surface area contributed by atoms with Gasteiger partial charge in [0.15, 0.2) is 0 Å². The van der Waals surface area contributed by atoms with Crippen LogP contribution in [0.25, 0.3) is 0 Å². The van der Waals surface area contributed by atoms with Gasteiger partial charge in [-0.25, -0.2) is 0 Å². The first kappa shape index (κ1) is 11.5. The summed E-state index contributed by atoms with van der Waals surface area (Å²) in [5, 5.41) is 3.38. The summed E-state index contributed by atoms with van der Waals surface area (Å²) in [5.41, 5.74) is 0.0147. The Hall–Kier alpha value is -0.570. The van der Waals surface area contributed by atoms with E-state index in [0.29, 0.717) is 0 Å². The summed E-state index contributed by atoms with van der Waals surface area (Å²) in [7, 11) is 0. The lowest BCUT2D eigenvalue weighted by molar-refractivity contribution is -0.166. The molecule has 3 nitrogen and oxygen atoms in total. The third-order valence-electron chi connectivity index (χ3n) is 2.86. The molecule has 1 heterocycles. The lowest BCUT2D eigenvalue weighted by Crippen LogP contribution is -2.58. The van der Waals surface area contributed by atoms with Gasteiger partial charge in [0.1, 0.15) is 6.10 Å². The third-order valence-corrected chi connectivity index (χ3v) is 2.86. The lowest BCUT2D eigenvalue weighted by atomic mass is 9.69. The Morgan fingerprint density at radius 2 is 1.64 bits per heavy atom. The predicted octanol–water partition coefficient (Wildman–Crippen LogP) is 1.57. The molecule has 0 amide bonds. The highest BCUT2D eigenvalue weighted by Crippen LogP contribution is 2.39. The quantitative estimate of drug-likeness (QED) is 0.651. The minimum Gasteiger partial charge on any atom is -0.461 e. The number of esters is 1. The monoisotopic (exact) mass is 199 g/mol. The van der Waals surface area contributed by atoms with Gasteiger partial charge in [-0.3, -0.25) is 4.79 Å². The zero-order valence-corrected chi connectivity index (χ0v) is 9.81. The van der Waals surface area contributed by atoms with E-state index >= 15 is 0 Å². The molecule has 82 valence electrons. The molecule has 0 bridgehead atoms. The van der Waals surface area contributed by atoms with Gasteiger partial charge in [-0.05, 0) is 0 Å². The van der Waals surface area contributed by atoms with Gasteiger partial charge < -0.3 is 10.1 Å². The van der Waals surface area contributed by atoms with E-state index in [2.05, 4.69) is 33.0 Å². The van der Waals surface area contributed by atoms with Crippen molar-refractivity contribution in [1.82, 2.24) is 5.32 Å². The molecule has 1 N–H and O–H groups in total. The Morgan fingerprint density at radius 1 is 1.21 bits per heavy atom. The second-order valence-corrected chi connectivity index (χ2v) is 5.57. The Balaban J connectivity index is 2.85. The first-order chi connectivity index (χ1) is 6.26. The van der Waals surface area contributed by atoms with Gasteiger partial charge in [0.05, 0.1) is 0 Å². The fraction of sp³-hybridized carbons (Fsp3) is 0.909. The SMILES string of the molecule is CC(=O)OC1C(C)(C)CNCC1(C)C. The van der Waals surface area contributed by atoms with Crippen LogP contribution in [-0.4, -0.2) is 25.2 Å². The Bertz CT molecular complexity index is 217. The van der Waals surface area contributed by atoms with Gasteiger partial charge in [-0.15, -0.1) is 0 Å². The number of carbonyl (C=O) groups is 1. The molecule has 1 saturated heterocycles. The van der Waals surface area contributed by atoms with E-state index in [1.807, 2.05) is 0 Å². The average Bonchev–Trinajstić information content (AvgIpc) is 1.96. The van der Waals surface area contributed by atoms with Crippen LogP contribution in [0.1, 0.15) is 34.6 Å². The van der Waals surface area contributed by atoms with Crippen LogP contribution in [-0.2, 0) is 9.53 Å². The van der Waals surface area contributed by atoms with Gasteiger partial charge in [0.25, 0.3) is 0 Å². The molecule has 0 radical (unpaired) electrons. The van der Waals surface area contributed by atoms with Gasteiger partial charge in [0, 0.05) is 30.8 Å². The summed E-state index contributed by atoms with van der Waals surface area (Å²) in [5.74, 6) is -0.182. The van der Waals surface area contributed by atoms with Crippen LogP contribution in [0, 0.1) is 10.8 Å². The number of ether oxygens (including phenoxy) is 1. The van der Waals surface area contributed by atoms with Crippen molar-refractivity contribution in [2.24, 2.45) is 10.8 Å². The zero-order valence-electron chi connectivity index (χ0n) is 9.81. The second kappa shape index (κ2) is 3.54. The Morgan fingerprint density at radius 3 is 2.00 bits per heavy atom.